The minimum absolute atomic E-state index is 0.105. The first-order valence-corrected chi connectivity index (χ1v) is 10.1. The monoisotopic (exact) mass is 428 g/mol. The fourth-order valence-corrected chi connectivity index (χ4v) is 3.06. The summed E-state index contributed by atoms with van der Waals surface area (Å²) in [4.78, 5) is 34.7. The number of hydrogen-bond donors (Lipinski definition) is 5. The van der Waals surface area contributed by atoms with E-state index in [0.29, 0.717) is 12.1 Å². The van der Waals surface area contributed by atoms with Crippen molar-refractivity contribution in [3.05, 3.63) is 54.2 Å². The number of nitrogens with zero attached hydrogens (tertiary/aromatic N) is 1. The van der Waals surface area contributed by atoms with Gasteiger partial charge < -0.3 is 20.7 Å². The predicted molar refractivity (Wildman–Crippen MR) is 117 cm³/mol. The zero-order chi connectivity index (χ0) is 23.0. The van der Waals surface area contributed by atoms with E-state index in [2.05, 4.69) is 15.6 Å². The molecule has 0 unspecified atom stereocenters. The number of hydrogen-bond acceptors (Lipinski definition) is 7. The Hall–Kier alpha value is -2.79. The van der Waals surface area contributed by atoms with Gasteiger partial charge in [0.05, 0.1) is 11.6 Å². The molecule has 0 aliphatic carbocycles. The van der Waals surface area contributed by atoms with Gasteiger partial charge in [-0.1, -0.05) is 50.2 Å². The smallest absolute Gasteiger partial charge is 0.426 e. The Kier molecular flexibility index (Phi) is 9.13. The van der Waals surface area contributed by atoms with Crippen LogP contribution in [0.25, 0.3) is 11.3 Å². The number of benzene rings is 1. The van der Waals surface area contributed by atoms with Crippen LogP contribution in [0, 0.1) is 5.92 Å². The van der Waals surface area contributed by atoms with Crippen LogP contribution in [-0.4, -0.2) is 52.1 Å². The normalized spacial score (nSPS) is 13.9. The SMILES string of the molecule is CC(C)C[C@H](NC(=O)[C@@H](NC(=O)c1cccc(-c2ccccc2)n1)[C@@H](C)ON)B(O)O. The molecule has 9 nitrogen and oxygen atoms in total. The second-order valence-electron chi connectivity index (χ2n) is 7.72. The van der Waals surface area contributed by atoms with Crippen LogP contribution in [0.3, 0.4) is 0 Å². The lowest BCUT2D eigenvalue weighted by Gasteiger charge is -2.26. The van der Waals surface area contributed by atoms with E-state index in [1.165, 1.54) is 13.0 Å². The van der Waals surface area contributed by atoms with Crippen molar-refractivity contribution in [2.75, 3.05) is 0 Å². The minimum atomic E-state index is -1.75. The molecule has 10 heteroatoms. The van der Waals surface area contributed by atoms with E-state index in [1.54, 1.807) is 12.1 Å². The molecule has 1 aromatic heterocycles. The van der Waals surface area contributed by atoms with Gasteiger partial charge in [-0.05, 0) is 31.4 Å². The fraction of sp³-hybridized carbons (Fsp3) is 0.381. The highest BCUT2D eigenvalue weighted by atomic mass is 16.6. The topological polar surface area (TPSA) is 147 Å². The van der Waals surface area contributed by atoms with E-state index >= 15 is 0 Å². The van der Waals surface area contributed by atoms with E-state index in [-0.39, 0.29) is 11.6 Å². The molecule has 0 aliphatic rings. The molecule has 0 spiro atoms. The van der Waals surface area contributed by atoms with Crippen LogP contribution in [0.15, 0.2) is 48.5 Å². The van der Waals surface area contributed by atoms with Crippen LogP contribution < -0.4 is 16.5 Å². The van der Waals surface area contributed by atoms with Gasteiger partial charge in [0.1, 0.15) is 17.8 Å². The third-order valence-electron chi connectivity index (χ3n) is 4.72. The van der Waals surface area contributed by atoms with Gasteiger partial charge in [0.2, 0.25) is 5.91 Å². The maximum atomic E-state index is 12.8. The molecule has 31 heavy (non-hydrogen) atoms. The lowest BCUT2D eigenvalue weighted by molar-refractivity contribution is -0.127. The highest BCUT2D eigenvalue weighted by molar-refractivity contribution is 6.43. The number of carbonyl (C=O) groups is 2. The summed E-state index contributed by atoms with van der Waals surface area (Å²) in [6.45, 7) is 5.29. The van der Waals surface area contributed by atoms with Gasteiger partial charge >= 0.3 is 7.12 Å². The maximum Gasteiger partial charge on any atom is 0.475 e. The predicted octanol–water partition coefficient (Wildman–Crippen LogP) is 0.669. The van der Waals surface area contributed by atoms with Gasteiger partial charge in [-0.2, -0.15) is 0 Å². The highest BCUT2D eigenvalue weighted by Gasteiger charge is 2.33. The average Bonchev–Trinajstić information content (AvgIpc) is 2.76. The van der Waals surface area contributed by atoms with Crippen LogP contribution >= 0.6 is 0 Å². The summed E-state index contributed by atoms with van der Waals surface area (Å²) in [5.41, 5.74) is 1.57. The molecule has 166 valence electrons. The van der Waals surface area contributed by atoms with Crippen LogP contribution in [0.4, 0.5) is 0 Å². The minimum Gasteiger partial charge on any atom is -0.426 e. The number of amides is 2. The van der Waals surface area contributed by atoms with Gasteiger partial charge in [0, 0.05) is 5.56 Å². The van der Waals surface area contributed by atoms with Gasteiger partial charge in [-0.25, -0.2) is 10.9 Å². The molecule has 1 aromatic carbocycles. The van der Waals surface area contributed by atoms with E-state index < -0.39 is 37.0 Å². The Morgan fingerprint density at radius 1 is 1.06 bits per heavy atom. The third-order valence-corrected chi connectivity index (χ3v) is 4.72. The number of nitrogens with one attached hydrogen (secondary N) is 2. The van der Waals surface area contributed by atoms with Crippen molar-refractivity contribution in [2.45, 2.75) is 45.3 Å². The summed E-state index contributed by atoms with van der Waals surface area (Å²) >= 11 is 0. The molecule has 6 N–H and O–H groups in total. The molecule has 0 saturated carbocycles. The fourth-order valence-electron chi connectivity index (χ4n) is 3.06. The largest absolute Gasteiger partial charge is 0.475 e. The maximum absolute atomic E-state index is 12.8. The first-order chi connectivity index (χ1) is 14.7. The average molecular weight is 428 g/mol. The Bertz CT molecular complexity index is 866. The van der Waals surface area contributed by atoms with Crippen LogP contribution in [0.5, 0.6) is 0 Å². The van der Waals surface area contributed by atoms with Crippen molar-refractivity contribution in [3.8, 4) is 11.3 Å². The molecule has 2 aromatic rings. The standard InChI is InChI=1S/C21H29BN4O5/c1-13(2)12-18(22(29)30)25-21(28)19(14(3)31-23)26-20(27)17-11-7-10-16(24-17)15-8-5-4-6-9-15/h4-11,13-14,18-19,29-30H,12,23H2,1-3H3,(H,25,28)(H,26,27)/t14-,18+,19+/m1/s1. The molecule has 0 radical (unpaired) electrons. The van der Waals surface area contributed by atoms with Crippen molar-refractivity contribution in [2.24, 2.45) is 11.8 Å². The van der Waals surface area contributed by atoms with Crippen LogP contribution in [0.1, 0.15) is 37.7 Å². The van der Waals surface area contributed by atoms with E-state index in [0.717, 1.165) is 5.56 Å². The Morgan fingerprint density at radius 3 is 2.32 bits per heavy atom. The Labute approximate surface area is 182 Å². The quantitative estimate of drug-likeness (QED) is 0.276. The summed E-state index contributed by atoms with van der Waals surface area (Å²) in [6.07, 6.45) is -0.542. The summed E-state index contributed by atoms with van der Waals surface area (Å²) in [5, 5.41) is 24.3. The number of aromatic nitrogens is 1. The second-order valence-corrected chi connectivity index (χ2v) is 7.72. The summed E-state index contributed by atoms with van der Waals surface area (Å²) in [5.74, 6) is 3.21. The van der Waals surface area contributed by atoms with Crippen molar-refractivity contribution < 1.29 is 24.5 Å². The van der Waals surface area contributed by atoms with Gasteiger partial charge in [0.15, 0.2) is 0 Å². The molecule has 2 amide bonds. The number of pyridine rings is 1. The molecular weight excluding hydrogens is 399 g/mol. The third kappa shape index (κ3) is 7.14. The molecule has 0 fully saturated rings. The molecule has 3 atom stereocenters. The highest BCUT2D eigenvalue weighted by Crippen LogP contribution is 2.16. The first kappa shape index (κ1) is 24.5. The zero-order valence-electron chi connectivity index (χ0n) is 17.9. The van der Waals surface area contributed by atoms with Crippen molar-refractivity contribution in [1.82, 2.24) is 15.6 Å². The lowest BCUT2D eigenvalue weighted by Crippen LogP contribution is -2.58. The first-order valence-electron chi connectivity index (χ1n) is 10.1. The summed E-state index contributed by atoms with van der Waals surface area (Å²) < 4.78 is 0. The van der Waals surface area contributed by atoms with Crippen molar-refractivity contribution in [1.29, 1.82) is 0 Å². The van der Waals surface area contributed by atoms with Crippen LogP contribution in [0.2, 0.25) is 0 Å². The molecule has 0 bridgehead atoms. The van der Waals surface area contributed by atoms with Crippen LogP contribution in [-0.2, 0) is 9.63 Å². The van der Waals surface area contributed by atoms with Gasteiger partial charge in [0.25, 0.3) is 5.91 Å². The lowest BCUT2D eigenvalue weighted by atomic mass is 9.75. The molecule has 0 aliphatic heterocycles. The summed E-state index contributed by atoms with van der Waals surface area (Å²) in [6, 6.07) is 13.2. The van der Waals surface area contributed by atoms with Gasteiger partial charge in [-0.15, -0.1) is 0 Å². The number of rotatable bonds is 10. The van der Waals surface area contributed by atoms with Crippen molar-refractivity contribution in [3.63, 3.8) is 0 Å². The van der Waals surface area contributed by atoms with E-state index in [9.17, 15) is 19.6 Å². The molecule has 2 rings (SSSR count). The molecule has 1 heterocycles. The van der Waals surface area contributed by atoms with E-state index in [4.69, 9.17) is 10.7 Å². The van der Waals surface area contributed by atoms with Gasteiger partial charge in [-0.3, -0.25) is 14.4 Å². The van der Waals surface area contributed by atoms with Crippen molar-refractivity contribution >= 4 is 18.9 Å². The molecule has 0 saturated heterocycles. The number of carbonyl (C=O) groups excluding carboxylic acids is 2. The number of nitrogens with two attached hydrogens (primary N) is 1. The Balaban J connectivity index is 2.18. The van der Waals surface area contributed by atoms with E-state index in [1.807, 2.05) is 44.2 Å². The Morgan fingerprint density at radius 2 is 1.74 bits per heavy atom. The zero-order valence-corrected chi connectivity index (χ0v) is 17.9. The molecular formula is C21H29BN4O5. The second kappa shape index (κ2) is 11.6. The summed E-state index contributed by atoms with van der Waals surface area (Å²) in [7, 11) is -1.75.